The minimum Gasteiger partial charge on any atom is -0.485 e. The molecule has 27 heavy (non-hydrogen) atoms. The van der Waals surface area contributed by atoms with Crippen LogP contribution in [0.15, 0.2) is 48.5 Å². The van der Waals surface area contributed by atoms with Gasteiger partial charge in [0.05, 0.1) is 5.69 Å². The number of nitrogens with zero attached hydrogens (tertiary/aromatic N) is 1. The van der Waals surface area contributed by atoms with Crippen molar-refractivity contribution in [3.63, 3.8) is 0 Å². The summed E-state index contributed by atoms with van der Waals surface area (Å²) in [5.41, 5.74) is 6.09. The minimum absolute atomic E-state index is 0.0754. The molecule has 0 aromatic heterocycles. The van der Waals surface area contributed by atoms with Crippen molar-refractivity contribution in [3.05, 3.63) is 54.1 Å². The number of Topliss-reactive ketones (excluding diaryl/α,β-unsaturated/α-hetero) is 1. The number of nitrogens with two attached hydrogens (primary N) is 1. The molecule has 2 aromatic carbocycles. The lowest BCUT2D eigenvalue weighted by Gasteiger charge is -2.29. The van der Waals surface area contributed by atoms with Crippen LogP contribution in [0.2, 0.25) is 0 Å². The van der Waals surface area contributed by atoms with Crippen molar-refractivity contribution in [3.8, 4) is 11.5 Å². The van der Waals surface area contributed by atoms with E-state index < -0.39 is 5.91 Å². The molecule has 7 nitrogen and oxygen atoms in total. The number of hydrogen-bond acceptors (Lipinski definition) is 5. The molecule has 7 heteroatoms. The average molecular weight is 368 g/mol. The van der Waals surface area contributed by atoms with Crippen molar-refractivity contribution in [2.45, 2.75) is 12.8 Å². The Morgan fingerprint density at radius 3 is 2.67 bits per heavy atom. The second kappa shape index (κ2) is 8.35. The second-order valence-corrected chi connectivity index (χ2v) is 6.11. The maximum atomic E-state index is 12.5. The van der Waals surface area contributed by atoms with Crippen LogP contribution in [0.25, 0.3) is 0 Å². The van der Waals surface area contributed by atoms with Gasteiger partial charge in [-0.05, 0) is 36.8 Å². The smallest absolute Gasteiger partial charge is 0.265 e. The summed E-state index contributed by atoms with van der Waals surface area (Å²) in [6, 6.07) is 14.0. The summed E-state index contributed by atoms with van der Waals surface area (Å²) in [6.07, 6.45) is 0.624. The summed E-state index contributed by atoms with van der Waals surface area (Å²) < 4.78 is 10.9. The lowest BCUT2D eigenvalue weighted by Crippen LogP contribution is -2.39. The predicted molar refractivity (Wildman–Crippen MR) is 99.0 cm³/mol. The van der Waals surface area contributed by atoms with E-state index in [0.29, 0.717) is 35.7 Å². The molecular weight excluding hydrogens is 348 g/mol. The number of ether oxygens (including phenoxy) is 2. The number of ketones is 1. The molecular formula is C20H20N2O5. The number of hydrogen-bond donors (Lipinski definition) is 1. The second-order valence-electron chi connectivity index (χ2n) is 6.11. The molecule has 2 aromatic rings. The molecule has 0 fully saturated rings. The van der Waals surface area contributed by atoms with E-state index in [-0.39, 0.29) is 31.3 Å². The molecule has 0 saturated heterocycles. The van der Waals surface area contributed by atoms with E-state index in [1.807, 2.05) is 18.2 Å². The maximum Gasteiger partial charge on any atom is 0.265 e. The Balaban J connectivity index is 1.73. The van der Waals surface area contributed by atoms with Crippen molar-refractivity contribution < 1.29 is 23.9 Å². The summed E-state index contributed by atoms with van der Waals surface area (Å²) in [7, 11) is 0. The fourth-order valence-electron chi connectivity index (χ4n) is 2.78. The van der Waals surface area contributed by atoms with Gasteiger partial charge in [-0.3, -0.25) is 14.4 Å². The normalized spacial score (nSPS) is 12.9. The molecule has 1 aliphatic rings. The molecule has 1 aliphatic heterocycles. The van der Waals surface area contributed by atoms with Gasteiger partial charge < -0.3 is 20.1 Å². The topological polar surface area (TPSA) is 98.9 Å². The lowest BCUT2D eigenvalue weighted by molar-refractivity contribution is -0.122. The van der Waals surface area contributed by atoms with E-state index in [9.17, 15) is 14.4 Å². The van der Waals surface area contributed by atoms with Gasteiger partial charge in [0.1, 0.15) is 11.5 Å². The van der Waals surface area contributed by atoms with Gasteiger partial charge in [0.15, 0.2) is 19.0 Å². The number of benzene rings is 2. The van der Waals surface area contributed by atoms with Crippen molar-refractivity contribution in [1.29, 1.82) is 0 Å². The molecule has 1 heterocycles. The third-order valence-corrected chi connectivity index (χ3v) is 4.14. The van der Waals surface area contributed by atoms with E-state index in [2.05, 4.69) is 0 Å². The van der Waals surface area contributed by atoms with E-state index in [1.54, 1.807) is 30.3 Å². The monoisotopic (exact) mass is 368 g/mol. The Hall–Kier alpha value is -3.35. The Morgan fingerprint density at radius 1 is 1.15 bits per heavy atom. The van der Waals surface area contributed by atoms with E-state index in [4.69, 9.17) is 15.2 Å². The fraction of sp³-hybridized carbons (Fsp3) is 0.250. The van der Waals surface area contributed by atoms with Crippen LogP contribution in [0.4, 0.5) is 5.69 Å². The van der Waals surface area contributed by atoms with Gasteiger partial charge in [-0.15, -0.1) is 0 Å². The quantitative estimate of drug-likeness (QED) is 0.718. The Kier molecular flexibility index (Phi) is 5.71. The zero-order valence-corrected chi connectivity index (χ0v) is 14.7. The zero-order chi connectivity index (χ0) is 19.2. The Morgan fingerprint density at radius 2 is 1.93 bits per heavy atom. The fourth-order valence-corrected chi connectivity index (χ4v) is 2.78. The molecule has 0 radical (unpaired) electrons. The average Bonchev–Trinajstić information content (AvgIpc) is 2.68. The van der Waals surface area contributed by atoms with Crippen LogP contribution in [-0.2, 0) is 9.59 Å². The van der Waals surface area contributed by atoms with Gasteiger partial charge in [-0.25, -0.2) is 0 Å². The Labute approximate surface area is 156 Å². The third kappa shape index (κ3) is 4.63. The van der Waals surface area contributed by atoms with Gasteiger partial charge in [-0.1, -0.05) is 18.2 Å². The molecule has 140 valence electrons. The van der Waals surface area contributed by atoms with E-state index >= 15 is 0 Å². The first-order valence-electron chi connectivity index (χ1n) is 8.61. The highest BCUT2D eigenvalue weighted by Gasteiger charge is 2.26. The Bertz CT molecular complexity index is 851. The van der Waals surface area contributed by atoms with Crippen LogP contribution in [0, 0.1) is 0 Å². The molecule has 2 N–H and O–H groups in total. The number of para-hydroxylation sites is 1. The SMILES string of the molecule is NC(=O)CCCN1C(=O)COc2ccc(C(=O)COc3ccccc3)cc21. The van der Waals surface area contributed by atoms with Gasteiger partial charge >= 0.3 is 0 Å². The summed E-state index contributed by atoms with van der Waals surface area (Å²) in [6.45, 7) is 0.142. The third-order valence-electron chi connectivity index (χ3n) is 4.14. The lowest BCUT2D eigenvalue weighted by atomic mass is 10.1. The number of carbonyl (C=O) groups excluding carboxylic acids is 3. The van der Waals surface area contributed by atoms with Crippen molar-refractivity contribution in [2.75, 3.05) is 24.7 Å². The van der Waals surface area contributed by atoms with Crippen LogP contribution < -0.4 is 20.1 Å². The molecule has 0 unspecified atom stereocenters. The molecule has 2 amide bonds. The van der Waals surface area contributed by atoms with Gasteiger partial charge in [-0.2, -0.15) is 0 Å². The van der Waals surface area contributed by atoms with Crippen molar-refractivity contribution in [1.82, 2.24) is 0 Å². The van der Waals surface area contributed by atoms with Crippen LogP contribution in [0.1, 0.15) is 23.2 Å². The molecule has 0 saturated carbocycles. The molecule has 0 atom stereocenters. The molecule has 0 spiro atoms. The van der Waals surface area contributed by atoms with Crippen LogP contribution in [0.5, 0.6) is 11.5 Å². The first-order chi connectivity index (χ1) is 13.0. The highest BCUT2D eigenvalue weighted by Crippen LogP contribution is 2.33. The summed E-state index contributed by atoms with van der Waals surface area (Å²) in [5.74, 6) is 0.274. The van der Waals surface area contributed by atoms with Crippen LogP contribution in [-0.4, -0.2) is 37.4 Å². The zero-order valence-electron chi connectivity index (χ0n) is 14.7. The van der Waals surface area contributed by atoms with Gasteiger partial charge in [0.2, 0.25) is 5.91 Å². The standard InChI is InChI=1S/C20H20N2O5/c21-19(24)7-4-10-22-16-11-14(8-9-18(16)27-13-20(22)25)17(23)12-26-15-5-2-1-3-6-15/h1-3,5-6,8-9,11H,4,7,10,12-13H2,(H2,21,24). The largest absolute Gasteiger partial charge is 0.485 e. The number of carbonyl (C=O) groups is 3. The molecule has 3 rings (SSSR count). The first-order valence-corrected chi connectivity index (χ1v) is 8.61. The highest BCUT2D eigenvalue weighted by molar-refractivity contribution is 6.02. The summed E-state index contributed by atoms with van der Waals surface area (Å²) in [5, 5.41) is 0. The number of fused-ring (bicyclic) bond motifs is 1. The van der Waals surface area contributed by atoms with Crippen molar-refractivity contribution >= 4 is 23.3 Å². The van der Waals surface area contributed by atoms with Crippen LogP contribution >= 0.6 is 0 Å². The summed E-state index contributed by atoms with van der Waals surface area (Å²) in [4.78, 5) is 37.1. The van der Waals surface area contributed by atoms with Crippen LogP contribution in [0.3, 0.4) is 0 Å². The first kappa shape index (κ1) is 18.4. The van der Waals surface area contributed by atoms with E-state index in [0.717, 1.165) is 0 Å². The number of rotatable bonds is 8. The minimum atomic E-state index is -0.419. The summed E-state index contributed by atoms with van der Waals surface area (Å²) >= 11 is 0. The number of primary amides is 1. The van der Waals surface area contributed by atoms with E-state index in [1.165, 1.54) is 4.90 Å². The number of anilines is 1. The highest BCUT2D eigenvalue weighted by atomic mass is 16.5. The number of amides is 2. The van der Waals surface area contributed by atoms with Gasteiger partial charge in [0.25, 0.3) is 5.91 Å². The predicted octanol–water partition coefficient (Wildman–Crippen LogP) is 1.94. The maximum absolute atomic E-state index is 12.5. The van der Waals surface area contributed by atoms with Gasteiger partial charge in [0, 0.05) is 18.5 Å². The molecule has 0 bridgehead atoms. The molecule has 0 aliphatic carbocycles. The van der Waals surface area contributed by atoms with Crippen molar-refractivity contribution in [2.24, 2.45) is 5.73 Å².